The average Bonchev–Trinajstić information content (AvgIpc) is 2.73. The van der Waals surface area contributed by atoms with E-state index in [9.17, 15) is 9.59 Å². The summed E-state index contributed by atoms with van der Waals surface area (Å²) in [6.45, 7) is 14.9. The zero-order valence-corrected chi connectivity index (χ0v) is 14.5. The maximum absolute atomic E-state index is 12.9. The van der Waals surface area contributed by atoms with Crippen LogP contribution in [0, 0.1) is 16.7 Å². The molecule has 1 N–H and O–H groups in total. The van der Waals surface area contributed by atoms with Gasteiger partial charge < -0.3 is 10.2 Å². The third kappa shape index (κ3) is 2.36. The minimum absolute atomic E-state index is 0.0150. The highest BCUT2D eigenvalue weighted by Gasteiger charge is 2.70. The molecule has 2 aliphatic rings. The maximum atomic E-state index is 12.9. The summed E-state index contributed by atoms with van der Waals surface area (Å²) >= 11 is 0. The first-order valence-corrected chi connectivity index (χ1v) is 8.18. The van der Waals surface area contributed by atoms with Crippen LogP contribution in [0.25, 0.3) is 0 Å². The molecule has 21 heavy (non-hydrogen) atoms. The molecule has 1 aliphatic carbocycles. The quantitative estimate of drug-likeness (QED) is 0.866. The number of amides is 2. The van der Waals surface area contributed by atoms with Crippen LogP contribution in [0.4, 0.5) is 0 Å². The summed E-state index contributed by atoms with van der Waals surface area (Å²) in [6.07, 6.45) is 1.39. The fraction of sp³-hybridized carbons (Fsp3) is 0.882. The Morgan fingerprint density at radius 2 is 1.67 bits per heavy atom. The zero-order valence-electron chi connectivity index (χ0n) is 14.5. The van der Waals surface area contributed by atoms with Crippen LogP contribution in [-0.2, 0) is 9.59 Å². The predicted molar refractivity (Wildman–Crippen MR) is 83.7 cm³/mol. The number of piperazine rings is 1. The lowest BCUT2D eigenvalue weighted by atomic mass is 9.96. The molecule has 120 valence electrons. The number of nitrogens with one attached hydrogen (secondary N) is 1. The van der Waals surface area contributed by atoms with Crippen LogP contribution in [0.15, 0.2) is 0 Å². The van der Waals surface area contributed by atoms with Crippen molar-refractivity contribution < 1.29 is 9.59 Å². The number of hydrogen-bond acceptors (Lipinski definition) is 2. The SMILES string of the molecule is CCC1C(=O)NC(CC(C)C)C(=O)N1C1C(C)(C)C1(C)C. The summed E-state index contributed by atoms with van der Waals surface area (Å²) in [5, 5.41) is 2.94. The van der Waals surface area contributed by atoms with Crippen LogP contribution in [0.3, 0.4) is 0 Å². The smallest absolute Gasteiger partial charge is 0.246 e. The molecular weight excluding hydrogens is 264 g/mol. The molecule has 2 rings (SSSR count). The predicted octanol–water partition coefficient (Wildman–Crippen LogP) is 2.57. The Labute approximate surface area is 128 Å². The molecule has 0 aromatic carbocycles. The largest absolute Gasteiger partial charge is 0.342 e. The standard InChI is InChI=1S/C17H30N2O2/c1-8-12-13(20)18-11(9-10(2)3)14(21)19(12)15-16(4,5)17(15,6)7/h10-12,15H,8-9H2,1-7H3,(H,18,20). The Kier molecular flexibility index (Phi) is 3.88. The molecule has 0 spiro atoms. The number of carbonyl (C=O) groups excluding carboxylic acids is 2. The van der Waals surface area contributed by atoms with Gasteiger partial charge in [0.25, 0.3) is 0 Å². The lowest BCUT2D eigenvalue weighted by Gasteiger charge is -2.40. The van der Waals surface area contributed by atoms with Crippen molar-refractivity contribution in [3.63, 3.8) is 0 Å². The van der Waals surface area contributed by atoms with E-state index >= 15 is 0 Å². The molecule has 0 aromatic heterocycles. The first-order valence-electron chi connectivity index (χ1n) is 8.18. The van der Waals surface area contributed by atoms with Crippen molar-refractivity contribution in [1.29, 1.82) is 0 Å². The van der Waals surface area contributed by atoms with Crippen LogP contribution >= 0.6 is 0 Å². The van der Waals surface area contributed by atoms with E-state index in [1.165, 1.54) is 0 Å². The summed E-state index contributed by atoms with van der Waals surface area (Å²) in [5.74, 6) is 0.513. The van der Waals surface area contributed by atoms with Gasteiger partial charge in [-0.1, -0.05) is 48.5 Å². The minimum Gasteiger partial charge on any atom is -0.342 e. The van der Waals surface area contributed by atoms with Crippen LogP contribution in [0.1, 0.15) is 61.3 Å². The Morgan fingerprint density at radius 1 is 1.14 bits per heavy atom. The van der Waals surface area contributed by atoms with Gasteiger partial charge in [0.05, 0.1) is 0 Å². The molecule has 0 bridgehead atoms. The third-order valence-corrected chi connectivity index (χ3v) is 5.82. The molecule has 0 radical (unpaired) electrons. The van der Waals surface area contributed by atoms with Gasteiger partial charge in [0.15, 0.2) is 0 Å². The van der Waals surface area contributed by atoms with Crippen LogP contribution in [0.5, 0.6) is 0 Å². The van der Waals surface area contributed by atoms with Gasteiger partial charge in [-0.05, 0) is 29.6 Å². The Bertz CT molecular complexity index is 440. The van der Waals surface area contributed by atoms with Gasteiger partial charge in [-0.2, -0.15) is 0 Å². The lowest BCUT2D eigenvalue weighted by molar-refractivity contribution is -0.151. The summed E-state index contributed by atoms with van der Waals surface area (Å²) in [4.78, 5) is 27.3. The molecule has 4 nitrogen and oxygen atoms in total. The molecule has 2 fully saturated rings. The van der Waals surface area contributed by atoms with Gasteiger partial charge >= 0.3 is 0 Å². The highest BCUT2D eigenvalue weighted by molar-refractivity contribution is 5.97. The molecule has 1 aliphatic heterocycles. The third-order valence-electron chi connectivity index (χ3n) is 5.82. The molecule has 4 heteroatoms. The average molecular weight is 294 g/mol. The van der Waals surface area contributed by atoms with Crippen LogP contribution < -0.4 is 5.32 Å². The number of hydrogen-bond donors (Lipinski definition) is 1. The van der Waals surface area contributed by atoms with E-state index in [4.69, 9.17) is 0 Å². The van der Waals surface area contributed by atoms with Crippen molar-refractivity contribution in [2.45, 2.75) is 79.4 Å². The molecule has 2 amide bonds. The Hall–Kier alpha value is -1.06. The number of carbonyl (C=O) groups is 2. The Balaban J connectivity index is 2.31. The van der Waals surface area contributed by atoms with Crippen LogP contribution in [0.2, 0.25) is 0 Å². The van der Waals surface area contributed by atoms with E-state index in [1.54, 1.807) is 0 Å². The van der Waals surface area contributed by atoms with Crippen molar-refractivity contribution in [2.75, 3.05) is 0 Å². The van der Waals surface area contributed by atoms with Crippen molar-refractivity contribution in [3.05, 3.63) is 0 Å². The molecule has 1 heterocycles. The summed E-state index contributed by atoms with van der Waals surface area (Å²) in [6, 6.07) is -0.511. The second-order valence-electron chi connectivity index (χ2n) is 8.21. The fourth-order valence-corrected chi connectivity index (χ4v) is 3.97. The van der Waals surface area contributed by atoms with Crippen LogP contribution in [-0.4, -0.2) is 34.8 Å². The highest BCUT2D eigenvalue weighted by atomic mass is 16.2. The number of rotatable bonds is 4. The van der Waals surface area contributed by atoms with E-state index in [0.29, 0.717) is 18.8 Å². The molecule has 2 unspecified atom stereocenters. The van der Waals surface area contributed by atoms with Gasteiger partial charge in [0.1, 0.15) is 12.1 Å². The fourth-order valence-electron chi connectivity index (χ4n) is 3.97. The van der Waals surface area contributed by atoms with Gasteiger partial charge in [0, 0.05) is 6.04 Å². The monoisotopic (exact) mass is 294 g/mol. The van der Waals surface area contributed by atoms with Gasteiger partial charge in [-0.3, -0.25) is 9.59 Å². The van der Waals surface area contributed by atoms with E-state index in [2.05, 4.69) is 46.9 Å². The van der Waals surface area contributed by atoms with Gasteiger partial charge in [-0.15, -0.1) is 0 Å². The minimum atomic E-state index is -0.354. The second kappa shape index (κ2) is 4.99. The van der Waals surface area contributed by atoms with Crippen molar-refractivity contribution in [2.24, 2.45) is 16.7 Å². The normalized spacial score (nSPS) is 31.5. The molecule has 2 atom stereocenters. The van der Waals surface area contributed by atoms with E-state index in [-0.39, 0.29) is 40.8 Å². The van der Waals surface area contributed by atoms with Crippen molar-refractivity contribution in [3.8, 4) is 0 Å². The summed E-state index contributed by atoms with van der Waals surface area (Å²) in [7, 11) is 0. The van der Waals surface area contributed by atoms with Gasteiger partial charge in [0.2, 0.25) is 11.8 Å². The van der Waals surface area contributed by atoms with E-state index in [1.807, 2.05) is 11.8 Å². The van der Waals surface area contributed by atoms with Gasteiger partial charge in [-0.25, -0.2) is 0 Å². The highest BCUT2D eigenvalue weighted by Crippen LogP contribution is 2.66. The molecular formula is C17H30N2O2. The Morgan fingerprint density at radius 3 is 2.05 bits per heavy atom. The number of nitrogens with zero attached hydrogens (tertiary/aromatic N) is 1. The first-order chi connectivity index (χ1) is 9.55. The second-order valence-corrected chi connectivity index (χ2v) is 8.21. The summed E-state index contributed by atoms with van der Waals surface area (Å²) in [5.41, 5.74) is 0.131. The maximum Gasteiger partial charge on any atom is 0.246 e. The van der Waals surface area contributed by atoms with Crippen molar-refractivity contribution in [1.82, 2.24) is 10.2 Å². The molecule has 1 saturated carbocycles. The van der Waals surface area contributed by atoms with E-state index in [0.717, 1.165) is 0 Å². The zero-order chi connectivity index (χ0) is 16.2. The topological polar surface area (TPSA) is 49.4 Å². The molecule has 0 aromatic rings. The van der Waals surface area contributed by atoms with E-state index < -0.39 is 0 Å². The lowest BCUT2D eigenvalue weighted by Crippen LogP contribution is -2.64. The summed E-state index contributed by atoms with van der Waals surface area (Å²) < 4.78 is 0. The first kappa shape index (κ1) is 16.3. The molecule has 1 saturated heterocycles. The van der Waals surface area contributed by atoms with Crippen molar-refractivity contribution >= 4 is 11.8 Å².